The predicted octanol–water partition coefficient (Wildman–Crippen LogP) is 2.20. The van der Waals surface area contributed by atoms with Crippen LogP contribution in [0.1, 0.15) is 11.3 Å². The molecule has 1 fully saturated rings. The Morgan fingerprint density at radius 1 is 1.43 bits per heavy atom. The molecule has 1 aliphatic heterocycles. The summed E-state index contributed by atoms with van der Waals surface area (Å²) in [6.45, 7) is 5.66. The second-order valence-electron chi connectivity index (χ2n) is 3.61. The van der Waals surface area contributed by atoms with Gasteiger partial charge in [-0.15, -0.1) is 11.3 Å². The normalized spacial score (nSPS) is 19.5. The maximum Gasteiger partial charge on any atom is 0.0516 e. The van der Waals surface area contributed by atoms with Crippen LogP contribution in [0.15, 0.2) is 11.4 Å². The molecule has 4 heteroatoms. The highest BCUT2D eigenvalue weighted by Gasteiger charge is 2.09. The molecule has 2 heterocycles. The average Bonchev–Trinajstić information content (AvgIpc) is 2.43. The summed E-state index contributed by atoms with van der Waals surface area (Å²) >= 11 is 7.65. The summed E-state index contributed by atoms with van der Waals surface area (Å²) in [5.41, 5.74) is 0. The molecule has 1 aliphatic rings. The maximum atomic E-state index is 5.89. The first-order valence-electron chi connectivity index (χ1n) is 5.00. The van der Waals surface area contributed by atoms with Gasteiger partial charge in [0, 0.05) is 29.9 Å². The predicted molar refractivity (Wildman–Crippen MR) is 62.1 cm³/mol. The summed E-state index contributed by atoms with van der Waals surface area (Å²) in [5, 5.41) is 6.28. The molecule has 0 saturated carbocycles. The zero-order chi connectivity index (χ0) is 9.80. The first-order chi connectivity index (χ1) is 6.84. The van der Waals surface area contributed by atoms with E-state index in [4.69, 9.17) is 11.6 Å². The summed E-state index contributed by atoms with van der Waals surface area (Å²) in [7, 11) is 0. The molecule has 0 radical (unpaired) electrons. The average molecular weight is 231 g/mol. The third-order valence-corrected chi connectivity index (χ3v) is 3.70. The molecule has 1 aromatic rings. The van der Waals surface area contributed by atoms with E-state index in [1.807, 2.05) is 5.38 Å². The smallest absolute Gasteiger partial charge is 0.0516 e. The Labute approximate surface area is 93.9 Å². The van der Waals surface area contributed by atoms with Gasteiger partial charge in [0.15, 0.2) is 0 Å². The van der Waals surface area contributed by atoms with Crippen molar-refractivity contribution in [2.45, 2.75) is 13.0 Å². The van der Waals surface area contributed by atoms with Gasteiger partial charge in [-0.05, 0) is 25.6 Å². The van der Waals surface area contributed by atoms with Crippen molar-refractivity contribution in [3.63, 3.8) is 0 Å². The lowest BCUT2D eigenvalue weighted by Crippen LogP contribution is -2.27. The molecule has 1 N–H and O–H groups in total. The number of nitrogens with one attached hydrogen (secondary N) is 1. The van der Waals surface area contributed by atoms with E-state index in [0.29, 0.717) is 0 Å². The molecule has 2 nitrogen and oxygen atoms in total. The van der Waals surface area contributed by atoms with Gasteiger partial charge in [-0.25, -0.2) is 0 Å². The molecule has 0 unspecified atom stereocenters. The van der Waals surface area contributed by atoms with Crippen LogP contribution in [-0.4, -0.2) is 31.1 Å². The summed E-state index contributed by atoms with van der Waals surface area (Å²) in [6, 6.07) is 2.07. The molecule has 0 aliphatic carbocycles. The van der Waals surface area contributed by atoms with Gasteiger partial charge in [0.2, 0.25) is 0 Å². The van der Waals surface area contributed by atoms with E-state index in [-0.39, 0.29) is 0 Å². The molecule has 0 bridgehead atoms. The Morgan fingerprint density at radius 2 is 2.36 bits per heavy atom. The molecule has 0 aromatic carbocycles. The fraction of sp³-hybridized carbons (Fsp3) is 0.600. The molecule has 0 spiro atoms. The molecule has 14 heavy (non-hydrogen) atoms. The van der Waals surface area contributed by atoms with E-state index in [2.05, 4.69) is 16.3 Å². The topological polar surface area (TPSA) is 15.3 Å². The summed E-state index contributed by atoms with van der Waals surface area (Å²) in [6.07, 6.45) is 1.25. The minimum atomic E-state index is 0.873. The Kier molecular flexibility index (Phi) is 3.81. The first kappa shape index (κ1) is 10.4. The van der Waals surface area contributed by atoms with Gasteiger partial charge >= 0.3 is 0 Å². The van der Waals surface area contributed by atoms with Crippen molar-refractivity contribution in [2.24, 2.45) is 0 Å². The van der Waals surface area contributed by atoms with E-state index >= 15 is 0 Å². The third kappa shape index (κ3) is 2.95. The van der Waals surface area contributed by atoms with Gasteiger partial charge in [-0.1, -0.05) is 11.6 Å². The van der Waals surface area contributed by atoms with Gasteiger partial charge < -0.3 is 5.32 Å². The van der Waals surface area contributed by atoms with E-state index in [0.717, 1.165) is 31.2 Å². The lowest BCUT2D eigenvalue weighted by atomic mass is 10.3. The number of nitrogens with zero attached hydrogens (tertiary/aromatic N) is 1. The highest BCUT2D eigenvalue weighted by atomic mass is 35.5. The maximum absolute atomic E-state index is 5.89. The standard InChI is InChI=1S/C10H15ClN2S/c11-9-6-10(14-8-9)7-13-4-1-2-12-3-5-13/h6,8,12H,1-5,7H2. The largest absolute Gasteiger partial charge is 0.315 e. The van der Waals surface area contributed by atoms with Crippen molar-refractivity contribution >= 4 is 22.9 Å². The van der Waals surface area contributed by atoms with E-state index < -0.39 is 0 Å². The van der Waals surface area contributed by atoms with Crippen LogP contribution in [0, 0.1) is 0 Å². The number of thiophene rings is 1. The second-order valence-corrected chi connectivity index (χ2v) is 5.04. The van der Waals surface area contributed by atoms with Crippen LogP contribution in [0.4, 0.5) is 0 Å². The van der Waals surface area contributed by atoms with Crippen LogP contribution < -0.4 is 5.32 Å². The van der Waals surface area contributed by atoms with Crippen molar-refractivity contribution in [1.29, 1.82) is 0 Å². The van der Waals surface area contributed by atoms with E-state index in [1.54, 1.807) is 11.3 Å². The molecule has 0 atom stereocenters. The fourth-order valence-electron chi connectivity index (χ4n) is 1.72. The van der Waals surface area contributed by atoms with Crippen LogP contribution >= 0.6 is 22.9 Å². The van der Waals surface area contributed by atoms with Gasteiger partial charge in [0.1, 0.15) is 0 Å². The van der Waals surface area contributed by atoms with E-state index in [9.17, 15) is 0 Å². The van der Waals surface area contributed by atoms with Gasteiger partial charge in [0.05, 0.1) is 5.02 Å². The summed E-state index contributed by atoms with van der Waals surface area (Å²) < 4.78 is 0. The van der Waals surface area contributed by atoms with Crippen LogP contribution in [0.5, 0.6) is 0 Å². The van der Waals surface area contributed by atoms with E-state index in [1.165, 1.54) is 17.8 Å². The fourth-order valence-corrected chi connectivity index (χ4v) is 2.83. The molecule has 1 aromatic heterocycles. The van der Waals surface area contributed by atoms with Crippen molar-refractivity contribution < 1.29 is 0 Å². The highest BCUT2D eigenvalue weighted by Crippen LogP contribution is 2.20. The monoisotopic (exact) mass is 230 g/mol. The lowest BCUT2D eigenvalue weighted by molar-refractivity contribution is 0.287. The molecule has 0 amide bonds. The molecular formula is C10H15ClN2S. The lowest BCUT2D eigenvalue weighted by Gasteiger charge is -2.17. The van der Waals surface area contributed by atoms with Crippen molar-refractivity contribution in [2.75, 3.05) is 26.2 Å². The Balaban J connectivity index is 1.89. The van der Waals surface area contributed by atoms with Crippen LogP contribution in [0.2, 0.25) is 5.02 Å². The number of rotatable bonds is 2. The Morgan fingerprint density at radius 3 is 3.14 bits per heavy atom. The quantitative estimate of drug-likeness (QED) is 0.838. The molecular weight excluding hydrogens is 216 g/mol. The van der Waals surface area contributed by atoms with Gasteiger partial charge in [0.25, 0.3) is 0 Å². The highest BCUT2D eigenvalue weighted by molar-refractivity contribution is 7.10. The third-order valence-electron chi connectivity index (χ3n) is 2.43. The number of hydrogen-bond acceptors (Lipinski definition) is 3. The molecule has 1 saturated heterocycles. The number of hydrogen-bond donors (Lipinski definition) is 1. The molecule has 2 rings (SSSR count). The van der Waals surface area contributed by atoms with Crippen LogP contribution in [-0.2, 0) is 6.54 Å². The van der Waals surface area contributed by atoms with Crippen LogP contribution in [0.3, 0.4) is 0 Å². The zero-order valence-electron chi connectivity index (χ0n) is 8.13. The van der Waals surface area contributed by atoms with Gasteiger partial charge in [-0.2, -0.15) is 0 Å². The minimum Gasteiger partial charge on any atom is -0.315 e. The SMILES string of the molecule is Clc1csc(CN2CCCNCC2)c1. The first-order valence-corrected chi connectivity index (χ1v) is 6.26. The van der Waals surface area contributed by atoms with Crippen LogP contribution in [0.25, 0.3) is 0 Å². The second kappa shape index (κ2) is 5.12. The Bertz CT molecular complexity index is 279. The number of halogens is 1. The van der Waals surface area contributed by atoms with Crippen molar-refractivity contribution in [3.8, 4) is 0 Å². The van der Waals surface area contributed by atoms with Crippen molar-refractivity contribution in [1.82, 2.24) is 10.2 Å². The minimum absolute atomic E-state index is 0.873. The summed E-state index contributed by atoms with van der Waals surface area (Å²) in [5.74, 6) is 0. The Hall–Kier alpha value is -0.0900. The zero-order valence-corrected chi connectivity index (χ0v) is 9.70. The van der Waals surface area contributed by atoms with Gasteiger partial charge in [-0.3, -0.25) is 4.90 Å². The molecule has 78 valence electrons. The van der Waals surface area contributed by atoms with Crippen molar-refractivity contribution in [3.05, 3.63) is 21.3 Å². The summed E-state index contributed by atoms with van der Waals surface area (Å²) in [4.78, 5) is 3.86.